The number of allylic oxidation sites excluding steroid dienone is 1. The van der Waals surface area contributed by atoms with Crippen molar-refractivity contribution < 1.29 is 18.7 Å². The van der Waals surface area contributed by atoms with Gasteiger partial charge in [-0.05, 0) is 31.6 Å². The topological polar surface area (TPSA) is 48.4 Å². The summed E-state index contributed by atoms with van der Waals surface area (Å²) in [6.45, 7) is 3.61. The van der Waals surface area contributed by atoms with Crippen molar-refractivity contribution in [1.82, 2.24) is 4.98 Å². The molecule has 2 aromatic rings. The fraction of sp³-hybridized carbons (Fsp3) is 0.250. The molecule has 0 saturated heterocycles. The predicted octanol–water partition coefficient (Wildman–Crippen LogP) is 3.84. The van der Waals surface area contributed by atoms with Crippen molar-refractivity contribution in [2.75, 3.05) is 14.2 Å². The fourth-order valence-corrected chi connectivity index (χ4v) is 2.90. The number of aromatic nitrogens is 1. The minimum absolute atomic E-state index is 0.373. The van der Waals surface area contributed by atoms with Gasteiger partial charge in [-0.3, -0.25) is 0 Å². The number of rotatable bonds is 4. The summed E-state index contributed by atoms with van der Waals surface area (Å²) in [6, 6.07) is 4.61. The lowest BCUT2D eigenvalue weighted by Gasteiger charge is -2.06. The second-order valence-corrected chi connectivity index (χ2v) is 5.81. The molecule has 0 aliphatic carbocycles. The number of nitrogens with zero attached hydrogens (tertiary/aromatic N) is 1. The molecule has 0 saturated carbocycles. The molecule has 0 bridgehead atoms. The summed E-state index contributed by atoms with van der Waals surface area (Å²) in [6.07, 6.45) is 1.37. The van der Waals surface area contributed by atoms with Crippen LogP contribution in [0, 0.1) is 12.7 Å². The standard InChI is InChI=1S/C16H16FNO3S/c1-9(7-14(19)21-4)16-15(18-10(2)22-16)12-6-5-11(20-3)8-13(12)17/h5-8H,1-4H3/b9-7+. The van der Waals surface area contributed by atoms with Gasteiger partial charge in [0, 0.05) is 17.7 Å². The van der Waals surface area contributed by atoms with Crippen molar-refractivity contribution >= 4 is 22.9 Å². The lowest BCUT2D eigenvalue weighted by atomic mass is 10.1. The Balaban J connectivity index is 2.53. The molecule has 0 radical (unpaired) electrons. The number of carbonyl (C=O) groups excluding carboxylic acids is 1. The Labute approximate surface area is 132 Å². The number of esters is 1. The number of aryl methyl sites for hydroxylation is 1. The smallest absolute Gasteiger partial charge is 0.330 e. The van der Waals surface area contributed by atoms with Crippen LogP contribution in [0.1, 0.15) is 16.8 Å². The summed E-state index contributed by atoms with van der Waals surface area (Å²) < 4.78 is 23.9. The van der Waals surface area contributed by atoms with Crippen LogP contribution in [-0.2, 0) is 9.53 Å². The van der Waals surface area contributed by atoms with E-state index in [4.69, 9.17) is 4.74 Å². The minimum atomic E-state index is -0.454. The van der Waals surface area contributed by atoms with Gasteiger partial charge in [-0.25, -0.2) is 14.2 Å². The number of thiazole rings is 1. The maximum Gasteiger partial charge on any atom is 0.330 e. The lowest BCUT2D eigenvalue weighted by molar-refractivity contribution is -0.134. The molecule has 22 heavy (non-hydrogen) atoms. The number of carbonyl (C=O) groups is 1. The van der Waals surface area contributed by atoms with Crippen molar-refractivity contribution in [2.24, 2.45) is 0 Å². The maximum atomic E-state index is 14.3. The largest absolute Gasteiger partial charge is 0.497 e. The second-order valence-electron chi connectivity index (χ2n) is 4.61. The average Bonchev–Trinajstić information content (AvgIpc) is 2.88. The van der Waals surface area contributed by atoms with E-state index >= 15 is 0 Å². The van der Waals surface area contributed by atoms with Crippen LogP contribution in [0.15, 0.2) is 24.3 Å². The molecular weight excluding hydrogens is 305 g/mol. The molecule has 0 amide bonds. The Morgan fingerprint density at radius 2 is 2.09 bits per heavy atom. The van der Waals surface area contributed by atoms with E-state index in [9.17, 15) is 9.18 Å². The maximum absolute atomic E-state index is 14.3. The summed E-state index contributed by atoms with van der Waals surface area (Å²) >= 11 is 1.40. The van der Waals surface area contributed by atoms with Gasteiger partial charge < -0.3 is 9.47 Å². The monoisotopic (exact) mass is 321 g/mol. The van der Waals surface area contributed by atoms with Gasteiger partial charge in [0.1, 0.15) is 11.6 Å². The molecule has 1 aromatic carbocycles. The van der Waals surface area contributed by atoms with Crippen LogP contribution in [-0.4, -0.2) is 25.2 Å². The van der Waals surface area contributed by atoms with Crippen molar-refractivity contribution in [3.05, 3.63) is 40.0 Å². The Bertz CT molecular complexity index is 737. The molecule has 4 nitrogen and oxygen atoms in total. The van der Waals surface area contributed by atoms with E-state index in [0.29, 0.717) is 22.6 Å². The number of benzene rings is 1. The van der Waals surface area contributed by atoms with E-state index in [0.717, 1.165) is 9.88 Å². The molecule has 0 spiro atoms. The van der Waals surface area contributed by atoms with Gasteiger partial charge in [0.05, 0.1) is 29.8 Å². The Morgan fingerprint density at radius 3 is 2.68 bits per heavy atom. The first-order valence-electron chi connectivity index (χ1n) is 6.54. The van der Waals surface area contributed by atoms with Gasteiger partial charge in [0.2, 0.25) is 0 Å². The van der Waals surface area contributed by atoms with Crippen LogP contribution >= 0.6 is 11.3 Å². The molecule has 0 unspecified atom stereocenters. The first kappa shape index (κ1) is 16.2. The highest BCUT2D eigenvalue weighted by Gasteiger charge is 2.17. The molecule has 0 N–H and O–H groups in total. The normalized spacial score (nSPS) is 11.4. The minimum Gasteiger partial charge on any atom is -0.497 e. The molecule has 2 rings (SSSR count). The van der Waals surface area contributed by atoms with E-state index in [1.54, 1.807) is 19.1 Å². The quantitative estimate of drug-likeness (QED) is 0.634. The van der Waals surface area contributed by atoms with Gasteiger partial charge in [-0.15, -0.1) is 11.3 Å². The number of methoxy groups -OCH3 is 2. The van der Waals surface area contributed by atoms with E-state index in [1.807, 2.05) is 6.92 Å². The summed E-state index contributed by atoms with van der Waals surface area (Å²) in [4.78, 5) is 16.5. The number of hydrogen-bond acceptors (Lipinski definition) is 5. The first-order valence-corrected chi connectivity index (χ1v) is 7.36. The number of hydrogen-bond donors (Lipinski definition) is 0. The van der Waals surface area contributed by atoms with E-state index in [1.165, 1.54) is 37.7 Å². The third kappa shape index (κ3) is 3.33. The van der Waals surface area contributed by atoms with E-state index < -0.39 is 11.8 Å². The zero-order valence-corrected chi connectivity index (χ0v) is 13.6. The zero-order chi connectivity index (χ0) is 16.3. The predicted molar refractivity (Wildman–Crippen MR) is 84.5 cm³/mol. The summed E-state index contributed by atoms with van der Waals surface area (Å²) in [5.74, 6) is -0.432. The van der Waals surface area contributed by atoms with Crippen LogP contribution in [0.5, 0.6) is 5.75 Å². The van der Waals surface area contributed by atoms with Crippen molar-refractivity contribution in [3.8, 4) is 17.0 Å². The summed E-state index contributed by atoms with van der Waals surface area (Å²) in [7, 11) is 2.80. The Kier molecular flexibility index (Phi) is 4.92. The van der Waals surface area contributed by atoms with Gasteiger partial charge in [0.25, 0.3) is 0 Å². The molecule has 0 aliphatic rings. The molecule has 0 aliphatic heterocycles. The van der Waals surface area contributed by atoms with Crippen molar-refractivity contribution in [2.45, 2.75) is 13.8 Å². The Hall–Kier alpha value is -2.21. The highest BCUT2D eigenvalue weighted by Crippen LogP contribution is 2.35. The van der Waals surface area contributed by atoms with Crippen LogP contribution in [0.25, 0.3) is 16.8 Å². The molecule has 1 heterocycles. The van der Waals surface area contributed by atoms with Gasteiger partial charge >= 0.3 is 5.97 Å². The molecule has 1 aromatic heterocycles. The third-order valence-corrected chi connectivity index (χ3v) is 4.17. The molecular formula is C16H16FNO3S. The first-order chi connectivity index (χ1) is 10.5. The Morgan fingerprint density at radius 1 is 1.36 bits per heavy atom. The highest BCUT2D eigenvalue weighted by molar-refractivity contribution is 7.13. The fourth-order valence-electron chi connectivity index (χ4n) is 1.99. The summed E-state index contributed by atoms with van der Waals surface area (Å²) in [5.41, 5.74) is 1.57. The van der Waals surface area contributed by atoms with Crippen LogP contribution in [0.4, 0.5) is 4.39 Å². The molecule has 116 valence electrons. The van der Waals surface area contributed by atoms with Crippen molar-refractivity contribution in [1.29, 1.82) is 0 Å². The molecule has 0 fully saturated rings. The highest BCUT2D eigenvalue weighted by atomic mass is 32.1. The summed E-state index contributed by atoms with van der Waals surface area (Å²) in [5, 5.41) is 0.790. The SMILES string of the molecule is COC(=O)/C=C(\C)c1sc(C)nc1-c1ccc(OC)cc1F. The van der Waals surface area contributed by atoms with Crippen LogP contribution in [0.2, 0.25) is 0 Å². The zero-order valence-electron chi connectivity index (χ0n) is 12.8. The van der Waals surface area contributed by atoms with Gasteiger partial charge in [-0.1, -0.05) is 0 Å². The molecule has 6 heteroatoms. The molecule has 0 atom stereocenters. The average molecular weight is 321 g/mol. The lowest BCUT2D eigenvalue weighted by Crippen LogP contribution is -1.96. The van der Waals surface area contributed by atoms with Crippen LogP contribution < -0.4 is 4.74 Å². The van der Waals surface area contributed by atoms with Crippen molar-refractivity contribution in [3.63, 3.8) is 0 Å². The second kappa shape index (κ2) is 6.70. The van der Waals surface area contributed by atoms with Crippen LogP contribution in [0.3, 0.4) is 0 Å². The van der Waals surface area contributed by atoms with Gasteiger partial charge in [-0.2, -0.15) is 0 Å². The third-order valence-electron chi connectivity index (χ3n) is 3.06. The van der Waals surface area contributed by atoms with E-state index in [-0.39, 0.29) is 0 Å². The number of halogens is 1. The van der Waals surface area contributed by atoms with Gasteiger partial charge in [0.15, 0.2) is 0 Å². The number of ether oxygens (including phenoxy) is 2. The van der Waals surface area contributed by atoms with E-state index in [2.05, 4.69) is 9.72 Å².